The van der Waals surface area contributed by atoms with Gasteiger partial charge in [0.25, 0.3) is 0 Å². The molecule has 0 nitrogen and oxygen atoms in total. The maximum Gasteiger partial charge on any atom is -0.00761 e. The Morgan fingerprint density at radius 1 is 1.00 bits per heavy atom. The van der Waals surface area contributed by atoms with Crippen LogP contribution < -0.4 is 0 Å². The molecular formula is C20H32. The van der Waals surface area contributed by atoms with Gasteiger partial charge in [-0.25, -0.2) is 0 Å². The summed E-state index contributed by atoms with van der Waals surface area (Å²) in [4.78, 5) is 0. The van der Waals surface area contributed by atoms with Crippen LogP contribution in [0.5, 0.6) is 0 Å². The van der Waals surface area contributed by atoms with E-state index in [9.17, 15) is 0 Å². The molecule has 0 heteroatoms. The van der Waals surface area contributed by atoms with E-state index in [4.69, 9.17) is 0 Å². The van der Waals surface area contributed by atoms with Crippen molar-refractivity contribution in [3.63, 3.8) is 0 Å². The highest BCUT2D eigenvalue weighted by molar-refractivity contribution is 5.23. The summed E-state index contributed by atoms with van der Waals surface area (Å²) in [6, 6.07) is 11.0. The van der Waals surface area contributed by atoms with Gasteiger partial charge in [-0.3, -0.25) is 0 Å². The van der Waals surface area contributed by atoms with Gasteiger partial charge in [0.2, 0.25) is 0 Å². The van der Waals surface area contributed by atoms with Crippen molar-refractivity contribution >= 4 is 0 Å². The molecule has 0 N–H and O–H groups in total. The smallest absolute Gasteiger partial charge is 0.00761 e. The van der Waals surface area contributed by atoms with Gasteiger partial charge in [0.05, 0.1) is 0 Å². The maximum atomic E-state index is 4.05. The van der Waals surface area contributed by atoms with Crippen LogP contribution in [0.2, 0.25) is 0 Å². The zero-order valence-electron chi connectivity index (χ0n) is 13.7. The third kappa shape index (κ3) is 5.53. The second kappa shape index (κ2) is 9.00. The van der Waals surface area contributed by atoms with Crippen molar-refractivity contribution in [1.29, 1.82) is 0 Å². The van der Waals surface area contributed by atoms with Crippen LogP contribution in [-0.4, -0.2) is 0 Å². The molecule has 0 bridgehead atoms. The van der Waals surface area contributed by atoms with E-state index in [0.717, 1.165) is 0 Å². The fourth-order valence-electron chi connectivity index (χ4n) is 2.92. The number of hydrogen-bond acceptors (Lipinski definition) is 0. The molecule has 1 atom stereocenters. The second-order valence-corrected chi connectivity index (χ2v) is 6.55. The standard InChI is InChI=1S/C20H32/c1-5-7-8-9-10-14-17-19(20(3,4)6-2)18-15-12-11-13-16-18/h6,11-13,15-16,19H,2,5,7-10,14,17H2,1,3-4H3. The Morgan fingerprint density at radius 2 is 1.60 bits per heavy atom. The summed E-state index contributed by atoms with van der Waals surface area (Å²) in [6.07, 6.45) is 11.6. The minimum Gasteiger partial charge on any atom is -0.103 e. The van der Waals surface area contributed by atoms with Crippen LogP contribution in [0.4, 0.5) is 0 Å². The predicted octanol–water partition coefficient (Wildman–Crippen LogP) is 6.73. The van der Waals surface area contributed by atoms with E-state index in [-0.39, 0.29) is 5.41 Å². The Balaban J connectivity index is 2.55. The molecule has 1 unspecified atom stereocenters. The van der Waals surface area contributed by atoms with Crippen LogP contribution in [0.25, 0.3) is 0 Å². The first-order valence-corrected chi connectivity index (χ1v) is 8.30. The second-order valence-electron chi connectivity index (χ2n) is 6.55. The predicted molar refractivity (Wildman–Crippen MR) is 91.2 cm³/mol. The van der Waals surface area contributed by atoms with Crippen molar-refractivity contribution in [2.24, 2.45) is 5.41 Å². The van der Waals surface area contributed by atoms with Crippen LogP contribution in [0.3, 0.4) is 0 Å². The van der Waals surface area contributed by atoms with E-state index in [0.29, 0.717) is 5.92 Å². The lowest BCUT2D eigenvalue weighted by molar-refractivity contribution is 0.343. The zero-order valence-corrected chi connectivity index (χ0v) is 13.7. The van der Waals surface area contributed by atoms with Crippen molar-refractivity contribution in [2.75, 3.05) is 0 Å². The van der Waals surface area contributed by atoms with Crippen LogP contribution in [0.1, 0.15) is 77.2 Å². The molecule has 20 heavy (non-hydrogen) atoms. The number of unbranched alkanes of at least 4 members (excludes halogenated alkanes) is 5. The van der Waals surface area contributed by atoms with E-state index in [1.54, 1.807) is 0 Å². The Kier molecular flexibility index (Phi) is 7.65. The molecule has 1 aromatic carbocycles. The summed E-state index contributed by atoms with van der Waals surface area (Å²) in [5, 5.41) is 0. The number of allylic oxidation sites excluding steroid dienone is 1. The highest BCUT2D eigenvalue weighted by Gasteiger charge is 2.27. The van der Waals surface area contributed by atoms with Gasteiger partial charge in [-0.1, -0.05) is 95.7 Å². The van der Waals surface area contributed by atoms with Gasteiger partial charge in [0.15, 0.2) is 0 Å². The monoisotopic (exact) mass is 272 g/mol. The van der Waals surface area contributed by atoms with Crippen molar-refractivity contribution in [2.45, 2.75) is 71.6 Å². The molecule has 0 aliphatic heterocycles. The van der Waals surface area contributed by atoms with E-state index < -0.39 is 0 Å². The highest BCUT2D eigenvalue weighted by Crippen LogP contribution is 2.40. The van der Waals surface area contributed by atoms with Crippen LogP contribution >= 0.6 is 0 Å². The number of benzene rings is 1. The lowest BCUT2D eigenvalue weighted by Crippen LogP contribution is -2.19. The van der Waals surface area contributed by atoms with Gasteiger partial charge in [-0.05, 0) is 23.3 Å². The molecule has 0 spiro atoms. The third-order valence-corrected chi connectivity index (χ3v) is 4.47. The van der Waals surface area contributed by atoms with Crippen LogP contribution in [0.15, 0.2) is 43.0 Å². The number of rotatable bonds is 10. The summed E-state index contributed by atoms with van der Waals surface area (Å²) in [5.41, 5.74) is 1.64. The van der Waals surface area contributed by atoms with E-state index in [2.05, 4.69) is 63.8 Å². The number of hydrogen-bond donors (Lipinski definition) is 0. The molecule has 112 valence electrons. The molecule has 1 rings (SSSR count). The summed E-state index contributed by atoms with van der Waals surface area (Å²) >= 11 is 0. The summed E-state index contributed by atoms with van der Waals surface area (Å²) < 4.78 is 0. The highest BCUT2D eigenvalue weighted by atomic mass is 14.3. The molecule has 0 saturated heterocycles. The van der Waals surface area contributed by atoms with Crippen LogP contribution in [-0.2, 0) is 0 Å². The summed E-state index contributed by atoms with van der Waals surface area (Å²) in [5.74, 6) is 0.590. The Bertz CT molecular complexity index is 361. The van der Waals surface area contributed by atoms with Gasteiger partial charge in [0.1, 0.15) is 0 Å². The minimum atomic E-state index is 0.171. The average Bonchev–Trinajstić information content (AvgIpc) is 2.47. The lowest BCUT2D eigenvalue weighted by atomic mass is 9.72. The fourth-order valence-corrected chi connectivity index (χ4v) is 2.92. The Hall–Kier alpha value is -1.04. The Morgan fingerprint density at radius 3 is 2.20 bits per heavy atom. The van der Waals surface area contributed by atoms with Gasteiger partial charge < -0.3 is 0 Å². The molecule has 0 aliphatic rings. The van der Waals surface area contributed by atoms with E-state index >= 15 is 0 Å². The van der Waals surface area contributed by atoms with Gasteiger partial charge in [-0.15, -0.1) is 6.58 Å². The third-order valence-electron chi connectivity index (χ3n) is 4.47. The molecule has 0 fully saturated rings. The van der Waals surface area contributed by atoms with Crippen LogP contribution in [0, 0.1) is 5.41 Å². The van der Waals surface area contributed by atoms with Crippen molar-refractivity contribution in [1.82, 2.24) is 0 Å². The summed E-state index contributed by atoms with van der Waals surface area (Å²) in [7, 11) is 0. The largest absolute Gasteiger partial charge is 0.103 e. The van der Waals surface area contributed by atoms with Gasteiger partial charge in [-0.2, -0.15) is 0 Å². The molecule has 0 aromatic heterocycles. The zero-order chi connectivity index (χ0) is 14.8. The fraction of sp³-hybridized carbons (Fsp3) is 0.600. The maximum absolute atomic E-state index is 4.05. The molecular weight excluding hydrogens is 240 g/mol. The van der Waals surface area contributed by atoms with E-state index in [1.807, 2.05) is 0 Å². The first kappa shape index (κ1) is 17.0. The first-order valence-electron chi connectivity index (χ1n) is 8.30. The normalized spacial score (nSPS) is 13.2. The minimum absolute atomic E-state index is 0.171. The lowest BCUT2D eigenvalue weighted by Gasteiger charge is -2.32. The molecule has 0 radical (unpaired) electrons. The SMILES string of the molecule is C=CC(C)(C)C(CCCCCCCC)c1ccccc1. The average molecular weight is 272 g/mol. The van der Waals surface area contributed by atoms with Gasteiger partial charge in [0, 0.05) is 0 Å². The van der Waals surface area contributed by atoms with Crippen molar-refractivity contribution in [3.05, 3.63) is 48.6 Å². The van der Waals surface area contributed by atoms with Crippen molar-refractivity contribution < 1.29 is 0 Å². The molecule has 0 aliphatic carbocycles. The molecule has 0 saturated carbocycles. The Labute approximate surface area is 126 Å². The topological polar surface area (TPSA) is 0 Å². The van der Waals surface area contributed by atoms with Gasteiger partial charge >= 0.3 is 0 Å². The summed E-state index contributed by atoms with van der Waals surface area (Å²) in [6.45, 7) is 11.0. The van der Waals surface area contributed by atoms with Crippen molar-refractivity contribution in [3.8, 4) is 0 Å². The molecule has 0 heterocycles. The quantitative estimate of drug-likeness (QED) is 0.327. The molecule has 0 amide bonds. The van der Waals surface area contributed by atoms with E-state index in [1.165, 1.54) is 50.5 Å². The first-order chi connectivity index (χ1) is 9.61. The molecule has 1 aromatic rings.